The zero-order valence-corrected chi connectivity index (χ0v) is 8.50. The molecule has 1 aromatic rings. The normalized spacial score (nSPS) is 16.4. The molecule has 0 aliphatic carbocycles. The van der Waals surface area contributed by atoms with E-state index in [1.54, 1.807) is 5.01 Å². The van der Waals surface area contributed by atoms with Gasteiger partial charge in [-0.2, -0.15) is 0 Å². The van der Waals surface area contributed by atoms with Crippen LogP contribution in [0, 0.1) is 13.8 Å². The minimum absolute atomic E-state index is 0.147. The van der Waals surface area contributed by atoms with Crippen molar-refractivity contribution in [1.29, 1.82) is 0 Å². The van der Waals surface area contributed by atoms with Gasteiger partial charge in [-0.15, -0.1) is 0 Å². The second kappa shape index (κ2) is 3.42. The fourth-order valence-electron chi connectivity index (χ4n) is 1.57. The molecule has 74 valence electrons. The van der Waals surface area contributed by atoms with Crippen molar-refractivity contribution < 1.29 is 4.79 Å². The Morgan fingerprint density at radius 2 is 2.07 bits per heavy atom. The van der Waals surface area contributed by atoms with E-state index < -0.39 is 0 Å². The standard InChI is InChI=1S/C11H14N2O/c1-8-3-4-10(7-9(8)2)13-11(14)5-6-12-13/h3-4,7,12H,5-6H2,1-2H3. The van der Waals surface area contributed by atoms with Crippen LogP contribution in [0.5, 0.6) is 0 Å². The summed E-state index contributed by atoms with van der Waals surface area (Å²) < 4.78 is 0. The molecule has 0 atom stereocenters. The second-order valence-electron chi connectivity index (χ2n) is 3.66. The Hall–Kier alpha value is -1.35. The van der Waals surface area contributed by atoms with E-state index in [2.05, 4.69) is 19.3 Å². The van der Waals surface area contributed by atoms with Crippen molar-refractivity contribution in [3.8, 4) is 0 Å². The molecule has 3 heteroatoms. The van der Waals surface area contributed by atoms with Crippen LogP contribution in [0.1, 0.15) is 17.5 Å². The molecule has 0 saturated carbocycles. The average Bonchev–Trinajstić information content (AvgIpc) is 2.57. The van der Waals surface area contributed by atoms with Gasteiger partial charge in [-0.05, 0) is 37.1 Å². The van der Waals surface area contributed by atoms with Crippen molar-refractivity contribution in [1.82, 2.24) is 5.43 Å². The molecule has 1 fully saturated rings. The van der Waals surface area contributed by atoms with Crippen LogP contribution >= 0.6 is 0 Å². The highest BCUT2D eigenvalue weighted by Crippen LogP contribution is 2.19. The van der Waals surface area contributed by atoms with Crippen LogP contribution in [0.2, 0.25) is 0 Å². The first-order valence-electron chi connectivity index (χ1n) is 4.82. The van der Waals surface area contributed by atoms with Crippen LogP contribution in [0.25, 0.3) is 0 Å². The molecule has 0 aromatic heterocycles. The van der Waals surface area contributed by atoms with E-state index >= 15 is 0 Å². The van der Waals surface area contributed by atoms with Gasteiger partial charge in [0.1, 0.15) is 0 Å². The summed E-state index contributed by atoms with van der Waals surface area (Å²) in [6.07, 6.45) is 0.590. The SMILES string of the molecule is Cc1ccc(N2NCCC2=O)cc1C. The number of rotatable bonds is 1. The summed E-state index contributed by atoms with van der Waals surface area (Å²) in [4.78, 5) is 11.4. The number of anilines is 1. The van der Waals surface area contributed by atoms with Crippen LogP contribution < -0.4 is 10.4 Å². The maximum absolute atomic E-state index is 11.4. The highest BCUT2D eigenvalue weighted by atomic mass is 16.2. The van der Waals surface area contributed by atoms with E-state index in [4.69, 9.17) is 0 Å². The minimum atomic E-state index is 0.147. The molecule has 1 aliphatic heterocycles. The topological polar surface area (TPSA) is 32.3 Å². The number of hydrazine groups is 1. The highest BCUT2D eigenvalue weighted by molar-refractivity contribution is 5.94. The number of nitrogens with one attached hydrogen (secondary N) is 1. The summed E-state index contributed by atoms with van der Waals surface area (Å²) in [6, 6.07) is 6.04. The molecule has 1 heterocycles. The Balaban J connectivity index is 2.32. The van der Waals surface area contributed by atoms with E-state index in [0.717, 1.165) is 12.2 Å². The van der Waals surface area contributed by atoms with Crippen molar-refractivity contribution in [2.45, 2.75) is 20.3 Å². The van der Waals surface area contributed by atoms with Gasteiger partial charge in [0.25, 0.3) is 0 Å². The Morgan fingerprint density at radius 3 is 2.64 bits per heavy atom. The first kappa shape index (κ1) is 9.21. The lowest BCUT2D eigenvalue weighted by Gasteiger charge is -2.16. The average molecular weight is 190 g/mol. The van der Waals surface area contributed by atoms with Crippen molar-refractivity contribution in [3.63, 3.8) is 0 Å². The molecule has 2 rings (SSSR count). The van der Waals surface area contributed by atoms with Gasteiger partial charge in [-0.3, -0.25) is 4.79 Å². The fraction of sp³-hybridized carbons (Fsp3) is 0.364. The molecule has 1 amide bonds. The van der Waals surface area contributed by atoms with Crippen molar-refractivity contribution in [2.24, 2.45) is 0 Å². The van der Waals surface area contributed by atoms with Gasteiger partial charge in [-0.25, -0.2) is 10.4 Å². The minimum Gasteiger partial charge on any atom is -0.273 e. The monoisotopic (exact) mass is 190 g/mol. The van der Waals surface area contributed by atoms with Gasteiger partial charge in [0.2, 0.25) is 5.91 Å². The van der Waals surface area contributed by atoms with E-state index in [1.807, 2.05) is 18.2 Å². The van der Waals surface area contributed by atoms with E-state index in [1.165, 1.54) is 11.1 Å². The Bertz CT molecular complexity index is 374. The third-order valence-corrected chi connectivity index (χ3v) is 2.61. The molecular weight excluding hydrogens is 176 g/mol. The maximum atomic E-state index is 11.4. The number of amides is 1. The zero-order chi connectivity index (χ0) is 10.1. The molecule has 1 saturated heterocycles. The highest BCUT2D eigenvalue weighted by Gasteiger charge is 2.21. The summed E-state index contributed by atoms with van der Waals surface area (Å²) in [5.41, 5.74) is 6.46. The summed E-state index contributed by atoms with van der Waals surface area (Å²) in [6.45, 7) is 4.86. The molecule has 0 radical (unpaired) electrons. The lowest BCUT2D eigenvalue weighted by molar-refractivity contribution is -0.117. The number of benzene rings is 1. The molecule has 0 spiro atoms. The van der Waals surface area contributed by atoms with Gasteiger partial charge in [0, 0.05) is 13.0 Å². The first-order valence-corrected chi connectivity index (χ1v) is 4.82. The first-order chi connectivity index (χ1) is 6.68. The van der Waals surface area contributed by atoms with Crippen molar-refractivity contribution in [3.05, 3.63) is 29.3 Å². The van der Waals surface area contributed by atoms with Gasteiger partial charge in [-0.1, -0.05) is 6.07 Å². The van der Waals surface area contributed by atoms with Crippen LogP contribution in [-0.4, -0.2) is 12.5 Å². The van der Waals surface area contributed by atoms with Gasteiger partial charge >= 0.3 is 0 Å². The number of hydrogen-bond acceptors (Lipinski definition) is 2. The predicted octanol–water partition coefficient (Wildman–Crippen LogP) is 1.54. The summed E-state index contributed by atoms with van der Waals surface area (Å²) in [5.74, 6) is 0.147. The van der Waals surface area contributed by atoms with E-state index in [9.17, 15) is 4.79 Å². The second-order valence-corrected chi connectivity index (χ2v) is 3.66. The summed E-state index contributed by atoms with van der Waals surface area (Å²) in [7, 11) is 0. The quantitative estimate of drug-likeness (QED) is 0.728. The number of nitrogens with zero attached hydrogens (tertiary/aromatic N) is 1. The zero-order valence-electron chi connectivity index (χ0n) is 8.50. The van der Waals surface area contributed by atoms with E-state index in [0.29, 0.717) is 6.42 Å². The summed E-state index contributed by atoms with van der Waals surface area (Å²) >= 11 is 0. The molecule has 1 N–H and O–H groups in total. The van der Waals surface area contributed by atoms with Crippen molar-refractivity contribution in [2.75, 3.05) is 11.6 Å². The smallest absolute Gasteiger partial charge is 0.242 e. The molecule has 14 heavy (non-hydrogen) atoms. The predicted molar refractivity (Wildman–Crippen MR) is 56.0 cm³/mol. The van der Waals surface area contributed by atoms with Crippen LogP contribution in [-0.2, 0) is 4.79 Å². The van der Waals surface area contributed by atoms with Crippen LogP contribution in [0.15, 0.2) is 18.2 Å². The Labute approximate surface area is 83.7 Å². The van der Waals surface area contributed by atoms with Crippen LogP contribution in [0.3, 0.4) is 0 Å². The number of aryl methyl sites for hydroxylation is 2. The Morgan fingerprint density at radius 1 is 1.29 bits per heavy atom. The van der Waals surface area contributed by atoms with Crippen molar-refractivity contribution >= 4 is 11.6 Å². The maximum Gasteiger partial charge on any atom is 0.242 e. The lowest BCUT2D eigenvalue weighted by atomic mass is 10.1. The number of carbonyl (C=O) groups is 1. The fourth-order valence-corrected chi connectivity index (χ4v) is 1.57. The molecule has 1 aromatic carbocycles. The van der Waals surface area contributed by atoms with Crippen LogP contribution in [0.4, 0.5) is 5.69 Å². The molecule has 0 unspecified atom stereocenters. The molecular formula is C11H14N2O. The molecule has 0 bridgehead atoms. The van der Waals surface area contributed by atoms with Gasteiger partial charge in [0.15, 0.2) is 0 Å². The van der Waals surface area contributed by atoms with E-state index in [-0.39, 0.29) is 5.91 Å². The summed E-state index contributed by atoms with van der Waals surface area (Å²) in [5, 5.41) is 1.63. The molecule has 3 nitrogen and oxygen atoms in total. The lowest BCUT2D eigenvalue weighted by Crippen LogP contribution is -2.34. The van der Waals surface area contributed by atoms with Gasteiger partial charge in [0.05, 0.1) is 5.69 Å². The third kappa shape index (κ3) is 1.51. The number of hydrogen-bond donors (Lipinski definition) is 1. The largest absolute Gasteiger partial charge is 0.273 e. The number of carbonyl (C=O) groups excluding carboxylic acids is 1. The third-order valence-electron chi connectivity index (χ3n) is 2.61. The van der Waals surface area contributed by atoms with Gasteiger partial charge < -0.3 is 0 Å². The Kier molecular flexibility index (Phi) is 2.25. The molecule has 1 aliphatic rings.